The van der Waals surface area contributed by atoms with Gasteiger partial charge in [0, 0.05) is 50.7 Å². The Balaban J connectivity index is 0.000000116. The molecule has 708 valence electrons. The summed E-state index contributed by atoms with van der Waals surface area (Å²) in [6.07, 6.45) is 0. The fourth-order valence-electron chi connectivity index (χ4n) is 24.0. The van der Waals surface area contributed by atoms with E-state index in [4.69, 9.17) is 0 Å². The zero-order valence-corrected chi connectivity index (χ0v) is 83.0. The van der Waals surface area contributed by atoms with Crippen molar-refractivity contribution in [3.63, 3.8) is 0 Å². The molecule has 3 nitrogen and oxygen atoms in total. The molecule has 0 amide bonds. The van der Waals surface area contributed by atoms with E-state index in [0.717, 1.165) is 51.2 Å². The van der Waals surface area contributed by atoms with E-state index in [1.54, 1.807) is 0 Å². The van der Waals surface area contributed by atoms with Crippen molar-refractivity contribution >= 4 is 51.2 Å². The number of anilines is 9. The molecule has 3 aliphatic carbocycles. The molecule has 0 N–H and O–H groups in total. The first-order chi connectivity index (χ1) is 74.5. The lowest BCUT2D eigenvalue weighted by Gasteiger charge is -2.34. The number of hydrogen-bond acceptors (Lipinski definition) is 3. The average molecular weight is 1910 g/mol. The fraction of sp³-hybridized carbons (Fsp3) is 0.0204. The highest BCUT2D eigenvalue weighted by atomic mass is 15.2. The third-order valence-electron chi connectivity index (χ3n) is 30.5. The molecule has 0 aromatic heterocycles. The summed E-state index contributed by atoms with van der Waals surface area (Å²) in [6, 6.07) is 231. The molecular formula is C147H105N3. The minimum Gasteiger partial charge on any atom is -0.310 e. The predicted octanol–water partition coefficient (Wildman–Crippen LogP) is 38.6. The molecule has 0 bridgehead atoms. The van der Waals surface area contributed by atoms with Gasteiger partial charge in [0.2, 0.25) is 0 Å². The van der Waals surface area contributed by atoms with Gasteiger partial charge >= 0.3 is 0 Å². The maximum atomic E-state index is 2.47. The van der Waals surface area contributed by atoms with Gasteiger partial charge in [0.1, 0.15) is 0 Å². The van der Waals surface area contributed by atoms with Crippen molar-refractivity contribution in [2.75, 3.05) is 14.7 Å². The summed E-state index contributed by atoms with van der Waals surface area (Å²) in [5.41, 5.74) is 46.0. The summed E-state index contributed by atoms with van der Waals surface area (Å²) in [6.45, 7) is 0. The van der Waals surface area contributed by atoms with Crippen LogP contribution in [0, 0.1) is 0 Å². The van der Waals surface area contributed by atoms with Gasteiger partial charge in [-0.05, 0) is 230 Å². The first-order valence-electron chi connectivity index (χ1n) is 51.8. The first-order valence-corrected chi connectivity index (χ1v) is 51.8. The van der Waals surface area contributed by atoms with E-state index in [-0.39, 0.29) is 0 Å². The smallest absolute Gasteiger partial charge is 0.0714 e. The molecule has 0 spiro atoms. The number of hydrogen-bond donors (Lipinski definition) is 0. The quantitative estimate of drug-likeness (QED) is 0.0710. The minimum atomic E-state index is -0.480. The molecule has 0 fully saturated rings. The van der Waals surface area contributed by atoms with Gasteiger partial charge < -0.3 is 14.7 Å². The van der Waals surface area contributed by atoms with Crippen molar-refractivity contribution in [3.8, 4) is 100 Å². The van der Waals surface area contributed by atoms with Gasteiger partial charge in [-0.25, -0.2) is 0 Å². The molecule has 0 aliphatic heterocycles. The first kappa shape index (κ1) is 91.9. The van der Waals surface area contributed by atoms with Gasteiger partial charge in [0.25, 0.3) is 0 Å². The zero-order chi connectivity index (χ0) is 100.0. The molecule has 0 radical (unpaired) electrons. The van der Waals surface area contributed by atoms with E-state index in [2.05, 4.69) is 652 Å². The molecular weight excluding hydrogens is 1810 g/mol. The summed E-state index contributed by atoms with van der Waals surface area (Å²) in [5, 5.41) is 0. The molecule has 0 unspecified atom stereocenters. The van der Waals surface area contributed by atoms with Gasteiger partial charge in [-0.3, -0.25) is 0 Å². The highest BCUT2D eigenvalue weighted by molar-refractivity contribution is 6.03. The highest BCUT2D eigenvalue weighted by Crippen LogP contribution is 2.64. The Hall–Kier alpha value is -19.3. The topological polar surface area (TPSA) is 9.72 Å². The van der Waals surface area contributed by atoms with Crippen LogP contribution in [-0.2, 0) is 16.2 Å². The summed E-state index contributed by atoms with van der Waals surface area (Å²) in [5.74, 6) is 0. The van der Waals surface area contributed by atoms with Crippen LogP contribution in [0.1, 0.15) is 66.8 Å². The van der Waals surface area contributed by atoms with Gasteiger partial charge in [-0.2, -0.15) is 0 Å². The Morgan fingerprint density at radius 3 is 0.580 bits per heavy atom. The molecule has 0 heterocycles. The summed E-state index contributed by atoms with van der Waals surface area (Å²) in [4.78, 5) is 7.35. The third-order valence-corrected chi connectivity index (χ3v) is 30.5. The second-order valence-electron chi connectivity index (χ2n) is 38.6. The SMILES string of the molecule is c1ccc(-c2ccc(N(c3ccc(-c4ccccc4)cc3)c3cccc4c3-c3ccccc3C4(c3ccccc3)c3ccccc3)cc2)cc1.c1ccc(-c2ccc(N(c3cccc(-c4ccccc4)c3)c3cccc4c3-c3ccccc3C4(c3ccccc3)c3ccccc3)cc2)cc1.c1ccc(-c2ccc(N(c3ccccc3-c3ccccc3)c3cccc4c3-c3ccccc3C4(c3ccccc3)c3ccccc3)cc2)cc1. The number of para-hydroxylation sites is 1. The van der Waals surface area contributed by atoms with Crippen LogP contribution >= 0.6 is 0 Å². The molecule has 150 heavy (non-hydrogen) atoms. The third kappa shape index (κ3) is 16.5. The zero-order valence-electron chi connectivity index (χ0n) is 83.0. The van der Waals surface area contributed by atoms with Crippen LogP contribution < -0.4 is 14.7 Å². The molecule has 27 rings (SSSR count). The summed E-state index contributed by atoms with van der Waals surface area (Å²) >= 11 is 0. The molecule has 3 heteroatoms. The van der Waals surface area contributed by atoms with Crippen molar-refractivity contribution in [2.45, 2.75) is 16.2 Å². The number of rotatable bonds is 21. The molecule has 24 aromatic carbocycles. The Morgan fingerprint density at radius 1 is 0.107 bits per heavy atom. The highest BCUT2D eigenvalue weighted by Gasteiger charge is 2.51. The van der Waals surface area contributed by atoms with Gasteiger partial charge in [0.15, 0.2) is 0 Å². The van der Waals surface area contributed by atoms with Crippen LogP contribution in [0.15, 0.2) is 637 Å². The van der Waals surface area contributed by atoms with Crippen molar-refractivity contribution in [1.29, 1.82) is 0 Å². The van der Waals surface area contributed by atoms with Gasteiger partial charge in [-0.1, -0.05) is 552 Å². The second kappa shape index (κ2) is 40.7. The Kier molecular flexibility index (Phi) is 24.9. The average Bonchev–Trinajstić information content (AvgIpc) is 1.54. The van der Waals surface area contributed by atoms with Crippen LogP contribution in [-0.4, -0.2) is 0 Å². The largest absolute Gasteiger partial charge is 0.310 e. The van der Waals surface area contributed by atoms with E-state index < -0.39 is 16.2 Å². The lowest BCUT2D eigenvalue weighted by Crippen LogP contribution is -2.28. The maximum absolute atomic E-state index is 2.47. The van der Waals surface area contributed by atoms with Crippen molar-refractivity contribution in [2.24, 2.45) is 0 Å². The minimum absolute atomic E-state index is 0.468. The van der Waals surface area contributed by atoms with E-state index in [1.807, 2.05) is 0 Å². The molecule has 0 atom stereocenters. The maximum Gasteiger partial charge on any atom is 0.0714 e. The summed E-state index contributed by atoms with van der Waals surface area (Å²) in [7, 11) is 0. The number of nitrogens with zero attached hydrogens (tertiary/aromatic N) is 3. The van der Waals surface area contributed by atoms with Gasteiger partial charge in [0.05, 0.1) is 39.0 Å². The number of fused-ring (bicyclic) bond motifs is 9. The molecule has 24 aromatic rings. The van der Waals surface area contributed by atoms with E-state index >= 15 is 0 Å². The van der Waals surface area contributed by atoms with Crippen LogP contribution in [0.4, 0.5) is 51.2 Å². The van der Waals surface area contributed by atoms with Crippen LogP contribution in [0.3, 0.4) is 0 Å². The van der Waals surface area contributed by atoms with Gasteiger partial charge in [-0.15, -0.1) is 0 Å². The van der Waals surface area contributed by atoms with E-state index in [1.165, 1.54) is 167 Å². The normalized spacial score (nSPS) is 12.6. The number of benzene rings is 24. The standard InChI is InChI=1S/3C49H35N/c1-5-18-36(19-6-1)37-32-34-41(35-33-37)50(46-30-16-14-26-42(46)38-20-7-2-8-21-38)47-31-17-29-45-48(47)43-27-13-15-28-44(43)49(45,39-22-9-3-10-23-39)40-24-11-4-12-25-40;1-5-17-36(18-6-1)38-31-33-42(34-32-38)50(43-26-15-21-39(35-43)37-19-7-2-8-20-37)47-30-16-29-46-48(47)44-27-13-14-28-45(44)49(46,40-22-9-3-10-23-40)41-24-11-4-12-25-41;1-5-16-36(17-6-1)38-28-32-42(33-29-38)50(43-34-30-39(31-35-43)37-18-7-2-8-19-37)47-27-15-26-46-48(47)44-24-13-14-25-45(44)49(46,40-20-9-3-10-21-40)41-22-11-4-12-23-41/h3*1-35H. The summed E-state index contributed by atoms with van der Waals surface area (Å²) < 4.78 is 0. The van der Waals surface area contributed by atoms with E-state index in [0.29, 0.717) is 0 Å². The Morgan fingerprint density at radius 2 is 0.293 bits per heavy atom. The predicted molar refractivity (Wildman–Crippen MR) is 628 cm³/mol. The van der Waals surface area contributed by atoms with Crippen molar-refractivity contribution in [1.82, 2.24) is 0 Å². The second-order valence-corrected chi connectivity index (χ2v) is 38.6. The molecule has 0 saturated carbocycles. The lowest BCUT2D eigenvalue weighted by atomic mass is 9.68. The van der Waals surface area contributed by atoms with Crippen molar-refractivity contribution < 1.29 is 0 Å². The van der Waals surface area contributed by atoms with Crippen LogP contribution in [0.2, 0.25) is 0 Å². The molecule has 0 saturated heterocycles. The Bertz CT molecular complexity index is 8630. The lowest BCUT2D eigenvalue weighted by molar-refractivity contribution is 0.768. The van der Waals surface area contributed by atoms with Crippen LogP contribution in [0.25, 0.3) is 100 Å². The van der Waals surface area contributed by atoms with Crippen molar-refractivity contribution in [3.05, 3.63) is 704 Å². The monoisotopic (exact) mass is 1910 g/mol. The van der Waals surface area contributed by atoms with E-state index in [9.17, 15) is 0 Å². The fourth-order valence-corrected chi connectivity index (χ4v) is 24.0. The van der Waals surface area contributed by atoms with Crippen LogP contribution in [0.5, 0.6) is 0 Å². The molecule has 3 aliphatic rings. The Labute approximate surface area is 879 Å².